The summed E-state index contributed by atoms with van der Waals surface area (Å²) < 4.78 is 0. The van der Waals surface area contributed by atoms with Crippen LogP contribution in [0.3, 0.4) is 0 Å². The van der Waals surface area contributed by atoms with Crippen molar-refractivity contribution in [2.75, 3.05) is 4.90 Å². The second-order valence-corrected chi connectivity index (χ2v) is 17.2. The molecular formula is C53H43N. The Kier molecular flexibility index (Phi) is 6.21. The van der Waals surface area contributed by atoms with Gasteiger partial charge in [0, 0.05) is 27.6 Å². The van der Waals surface area contributed by atoms with Crippen molar-refractivity contribution in [2.24, 2.45) is 0 Å². The van der Waals surface area contributed by atoms with Crippen LogP contribution in [0.5, 0.6) is 0 Å². The number of aryl methyl sites for hydroxylation is 3. The Bertz CT molecular complexity index is 3050. The molecule has 2 aliphatic rings. The van der Waals surface area contributed by atoms with Gasteiger partial charge in [0.25, 0.3) is 0 Å². The number of fused-ring (bicyclic) bond motifs is 9. The van der Waals surface area contributed by atoms with Gasteiger partial charge in [-0.1, -0.05) is 130 Å². The van der Waals surface area contributed by atoms with Gasteiger partial charge in [-0.3, -0.25) is 0 Å². The van der Waals surface area contributed by atoms with Crippen LogP contribution in [0, 0.1) is 20.8 Å². The second kappa shape index (κ2) is 10.6. The highest BCUT2D eigenvalue weighted by molar-refractivity contribution is 6.26. The molecule has 0 radical (unpaired) electrons. The Morgan fingerprint density at radius 2 is 1.00 bits per heavy atom. The summed E-state index contributed by atoms with van der Waals surface area (Å²) in [6.45, 7) is 16.4. The monoisotopic (exact) mass is 693 g/mol. The summed E-state index contributed by atoms with van der Waals surface area (Å²) in [5.74, 6) is 0. The smallest absolute Gasteiger partial charge is 0.0543 e. The van der Waals surface area contributed by atoms with Crippen LogP contribution in [0.15, 0.2) is 133 Å². The van der Waals surface area contributed by atoms with Crippen molar-refractivity contribution in [3.63, 3.8) is 0 Å². The van der Waals surface area contributed by atoms with Crippen LogP contribution >= 0.6 is 0 Å². The van der Waals surface area contributed by atoms with Crippen LogP contribution in [0.2, 0.25) is 0 Å². The van der Waals surface area contributed by atoms with Crippen molar-refractivity contribution in [2.45, 2.75) is 59.3 Å². The predicted octanol–water partition coefficient (Wildman–Crippen LogP) is 14.7. The van der Waals surface area contributed by atoms with E-state index in [4.69, 9.17) is 0 Å². The number of benzene rings is 9. The van der Waals surface area contributed by atoms with Crippen molar-refractivity contribution in [1.82, 2.24) is 0 Å². The van der Waals surface area contributed by atoms with E-state index in [0.717, 1.165) is 0 Å². The van der Waals surface area contributed by atoms with Gasteiger partial charge in [0.15, 0.2) is 0 Å². The first kappa shape index (κ1) is 31.6. The molecule has 0 fully saturated rings. The van der Waals surface area contributed by atoms with Crippen LogP contribution in [0.1, 0.15) is 66.6 Å². The molecule has 0 saturated heterocycles. The molecule has 11 rings (SSSR count). The predicted molar refractivity (Wildman–Crippen MR) is 232 cm³/mol. The normalized spacial score (nSPS) is 14.9. The van der Waals surface area contributed by atoms with E-state index in [1.54, 1.807) is 0 Å². The molecule has 0 aliphatic heterocycles. The molecule has 0 unspecified atom stereocenters. The molecule has 1 heteroatoms. The second-order valence-electron chi connectivity index (χ2n) is 17.2. The van der Waals surface area contributed by atoms with Crippen molar-refractivity contribution in [3.8, 4) is 22.3 Å². The Morgan fingerprint density at radius 1 is 0.407 bits per heavy atom. The fourth-order valence-electron chi connectivity index (χ4n) is 10.4. The van der Waals surface area contributed by atoms with Gasteiger partial charge < -0.3 is 4.90 Å². The molecular weight excluding hydrogens is 651 g/mol. The van der Waals surface area contributed by atoms with Gasteiger partial charge in [0.2, 0.25) is 0 Å². The van der Waals surface area contributed by atoms with Gasteiger partial charge in [-0.25, -0.2) is 0 Å². The zero-order valence-electron chi connectivity index (χ0n) is 32.1. The molecule has 54 heavy (non-hydrogen) atoms. The molecule has 9 aromatic rings. The fourth-order valence-corrected chi connectivity index (χ4v) is 10.4. The topological polar surface area (TPSA) is 3.24 Å². The molecule has 0 amide bonds. The maximum atomic E-state index is 2.59. The van der Waals surface area contributed by atoms with E-state index in [-0.39, 0.29) is 10.8 Å². The lowest BCUT2D eigenvalue weighted by Gasteiger charge is -2.31. The summed E-state index contributed by atoms with van der Waals surface area (Å²) in [6, 6.07) is 51.3. The molecule has 2 aliphatic carbocycles. The summed E-state index contributed by atoms with van der Waals surface area (Å²) >= 11 is 0. The highest BCUT2D eigenvalue weighted by Gasteiger charge is 2.43. The Morgan fingerprint density at radius 3 is 1.69 bits per heavy atom. The van der Waals surface area contributed by atoms with E-state index in [1.807, 2.05) is 0 Å². The molecule has 0 aromatic heterocycles. The van der Waals surface area contributed by atoms with Crippen molar-refractivity contribution in [3.05, 3.63) is 172 Å². The zero-order chi connectivity index (χ0) is 36.8. The minimum Gasteiger partial charge on any atom is -0.310 e. The van der Waals surface area contributed by atoms with E-state index >= 15 is 0 Å². The first-order valence-corrected chi connectivity index (χ1v) is 19.4. The van der Waals surface area contributed by atoms with Crippen molar-refractivity contribution < 1.29 is 0 Å². The molecule has 9 aromatic carbocycles. The minimum atomic E-state index is -0.212. The standard InChI is InChI=1S/C53H43N/c1-30-15-21-36(22-16-30)54(46-24-17-31(2)25-32(46)3)47-29-45-50(38-14-9-8-13-37(38)47)40-27-43-41(28-42(40)53(45,6)7)51-39-23-20-34-12-10-11-33-18-19-35(49(39)48(33)34)26-44(51)52(43,4)5/h8-29H,1-7H3. The van der Waals surface area contributed by atoms with Gasteiger partial charge in [0.05, 0.1) is 5.69 Å². The summed E-state index contributed by atoms with van der Waals surface area (Å²) in [5.41, 5.74) is 18.3. The third-order valence-corrected chi connectivity index (χ3v) is 13.2. The van der Waals surface area contributed by atoms with Crippen molar-refractivity contribution >= 4 is 60.2 Å². The summed E-state index contributed by atoms with van der Waals surface area (Å²) in [5, 5.41) is 10.7. The Labute approximate surface area is 317 Å². The van der Waals surface area contributed by atoms with E-state index in [0.29, 0.717) is 0 Å². The number of rotatable bonds is 3. The van der Waals surface area contributed by atoms with Gasteiger partial charge in [-0.15, -0.1) is 0 Å². The lowest BCUT2D eigenvalue weighted by Crippen LogP contribution is -2.18. The molecule has 0 spiro atoms. The molecule has 0 heterocycles. The van der Waals surface area contributed by atoms with E-state index in [1.165, 1.54) is 121 Å². The molecule has 0 saturated carbocycles. The zero-order valence-corrected chi connectivity index (χ0v) is 32.1. The Balaban J connectivity index is 1.19. The third kappa shape index (κ3) is 4.05. The van der Waals surface area contributed by atoms with E-state index in [9.17, 15) is 0 Å². The average Bonchev–Trinajstić information content (AvgIpc) is 3.53. The molecule has 1 nitrogen and oxygen atoms in total. The summed E-state index contributed by atoms with van der Waals surface area (Å²) in [6.07, 6.45) is 0. The van der Waals surface area contributed by atoms with Crippen LogP contribution < -0.4 is 4.90 Å². The first-order valence-electron chi connectivity index (χ1n) is 19.4. The van der Waals surface area contributed by atoms with Crippen LogP contribution in [-0.2, 0) is 10.8 Å². The Hall–Kier alpha value is -5.92. The van der Waals surface area contributed by atoms with Gasteiger partial charge in [0.1, 0.15) is 0 Å². The largest absolute Gasteiger partial charge is 0.310 e. The van der Waals surface area contributed by atoms with Crippen LogP contribution in [0.25, 0.3) is 65.3 Å². The average molecular weight is 694 g/mol. The third-order valence-electron chi connectivity index (χ3n) is 13.2. The van der Waals surface area contributed by atoms with E-state index in [2.05, 4.69) is 187 Å². The van der Waals surface area contributed by atoms with Gasteiger partial charge >= 0.3 is 0 Å². The lowest BCUT2D eigenvalue weighted by atomic mass is 9.79. The summed E-state index contributed by atoms with van der Waals surface area (Å²) in [7, 11) is 0. The van der Waals surface area contributed by atoms with Gasteiger partial charge in [-0.05, 0) is 151 Å². The lowest BCUT2D eigenvalue weighted by molar-refractivity contribution is 0.652. The highest BCUT2D eigenvalue weighted by atomic mass is 15.1. The number of hydrogen-bond donors (Lipinski definition) is 0. The molecule has 260 valence electrons. The van der Waals surface area contributed by atoms with Crippen LogP contribution in [0.4, 0.5) is 17.1 Å². The quantitative estimate of drug-likeness (QED) is 0.167. The molecule has 0 bridgehead atoms. The maximum absolute atomic E-state index is 2.59. The maximum Gasteiger partial charge on any atom is 0.0543 e. The number of hydrogen-bond acceptors (Lipinski definition) is 1. The minimum absolute atomic E-state index is 0.141. The molecule has 0 atom stereocenters. The van der Waals surface area contributed by atoms with Crippen molar-refractivity contribution in [1.29, 1.82) is 0 Å². The van der Waals surface area contributed by atoms with Crippen LogP contribution in [-0.4, -0.2) is 0 Å². The molecule has 0 N–H and O–H groups in total. The highest BCUT2D eigenvalue weighted by Crippen LogP contribution is 2.60. The fraction of sp³-hybridized carbons (Fsp3) is 0.170. The van der Waals surface area contributed by atoms with E-state index < -0.39 is 0 Å². The number of nitrogens with zero attached hydrogens (tertiary/aromatic N) is 1. The number of anilines is 3. The van der Waals surface area contributed by atoms with Gasteiger partial charge in [-0.2, -0.15) is 0 Å². The first-order chi connectivity index (χ1) is 26.0. The summed E-state index contributed by atoms with van der Waals surface area (Å²) in [4.78, 5) is 2.50. The SMILES string of the molecule is Cc1ccc(N(c2ccc(C)cc2C)c2cc3c(c4ccccc24)-c2cc4c(cc2C3(C)C)-c2c(cc3ccc5cccc6ccc2c3c56)C4(C)C)cc1.